The third-order valence-electron chi connectivity index (χ3n) is 3.90. The SMILES string of the molecule is O=c1[nH]c(=O)n([C@H]2C[C@H](O)[C@@H](CO)O2)cc1Cc1cnc([N+](=O)[O-])[nH]1. The Hall–Kier alpha value is -2.83. The molecule has 1 aliphatic heterocycles. The van der Waals surface area contributed by atoms with Gasteiger partial charge in [-0.15, -0.1) is 0 Å². The molecule has 1 aliphatic rings. The van der Waals surface area contributed by atoms with Crippen LogP contribution in [0.15, 0.2) is 22.0 Å². The van der Waals surface area contributed by atoms with Crippen molar-refractivity contribution in [3.63, 3.8) is 0 Å². The molecule has 0 aromatic carbocycles. The summed E-state index contributed by atoms with van der Waals surface area (Å²) in [4.78, 5) is 42.1. The summed E-state index contributed by atoms with van der Waals surface area (Å²) in [5.41, 5.74) is -0.886. The van der Waals surface area contributed by atoms with Crippen molar-refractivity contribution in [2.75, 3.05) is 6.61 Å². The molecule has 0 aliphatic carbocycles. The molecule has 25 heavy (non-hydrogen) atoms. The molecule has 0 saturated carbocycles. The number of ether oxygens (including phenoxy) is 1. The number of imidazole rings is 1. The van der Waals surface area contributed by atoms with Crippen LogP contribution in [0.5, 0.6) is 0 Å². The number of hydrogen-bond donors (Lipinski definition) is 4. The number of rotatable bonds is 5. The van der Waals surface area contributed by atoms with E-state index in [9.17, 15) is 24.8 Å². The lowest BCUT2D eigenvalue weighted by molar-refractivity contribution is -0.393. The van der Waals surface area contributed by atoms with Gasteiger partial charge in [-0.1, -0.05) is 4.98 Å². The molecule has 3 heterocycles. The van der Waals surface area contributed by atoms with Crippen LogP contribution in [0, 0.1) is 10.1 Å². The molecule has 0 bridgehead atoms. The van der Waals surface area contributed by atoms with Crippen molar-refractivity contribution < 1.29 is 19.9 Å². The van der Waals surface area contributed by atoms with E-state index in [0.717, 1.165) is 4.57 Å². The largest absolute Gasteiger partial charge is 0.432 e. The molecule has 0 spiro atoms. The Bertz CT molecular complexity index is 901. The Morgan fingerprint density at radius 2 is 2.20 bits per heavy atom. The molecule has 3 atom stereocenters. The van der Waals surface area contributed by atoms with Gasteiger partial charge >= 0.3 is 11.6 Å². The third-order valence-corrected chi connectivity index (χ3v) is 3.90. The zero-order valence-electron chi connectivity index (χ0n) is 12.8. The van der Waals surface area contributed by atoms with Crippen molar-refractivity contribution in [1.82, 2.24) is 19.5 Å². The lowest BCUT2D eigenvalue weighted by Gasteiger charge is -2.15. The first-order valence-electron chi connectivity index (χ1n) is 7.36. The van der Waals surface area contributed by atoms with Crippen LogP contribution in [-0.4, -0.2) is 53.5 Å². The fourth-order valence-corrected chi connectivity index (χ4v) is 2.65. The molecule has 0 unspecified atom stereocenters. The monoisotopic (exact) mass is 353 g/mol. The highest BCUT2D eigenvalue weighted by molar-refractivity contribution is 5.19. The van der Waals surface area contributed by atoms with Crippen molar-refractivity contribution in [2.24, 2.45) is 0 Å². The Kier molecular flexibility index (Phi) is 4.48. The Balaban J connectivity index is 1.89. The lowest BCUT2D eigenvalue weighted by atomic mass is 10.2. The van der Waals surface area contributed by atoms with Crippen LogP contribution >= 0.6 is 0 Å². The summed E-state index contributed by atoms with van der Waals surface area (Å²) < 4.78 is 6.51. The first kappa shape index (κ1) is 17.0. The van der Waals surface area contributed by atoms with Crippen LogP contribution in [0.3, 0.4) is 0 Å². The number of H-pyrrole nitrogens is 2. The zero-order valence-corrected chi connectivity index (χ0v) is 12.8. The van der Waals surface area contributed by atoms with Gasteiger partial charge in [-0.2, -0.15) is 0 Å². The van der Waals surface area contributed by atoms with Gasteiger partial charge < -0.3 is 25.1 Å². The van der Waals surface area contributed by atoms with Crippen molar-refractivity contribution >= 4 is 5.95 Å². The Morgan fingerprint density at radius 1 is 1.44 bits per heavy atom. The van der Waals surface area contributed by atoms with E-state index in [1.54, 1.807) is 0 Å². The summed E-state index contributed by atoms with van der Waals surface area (Å²) in [7, 11) is 0. The van der Waals surface area contributed by atoms with Crippen molar-refractivity contribution in [3.05, 3.63) is 54.6 Å². The van der Waals surface area contributed by atoms with Crippen LogP contribution in [0.25, 0.3) is 0 Å². The number of hydrogen-bond acceptors (Lipinski definition) is 8. The molecule has 4 N–H and O–H groups in total. The minimum absolute atomic E-state index is 0.0187. The third kappa shape index (κ3) is 3.35. The van der Waals surface area contributed by atoms with Gasteiger partial charge in [0.1, 0.15) is 24.2 Å². The summed E-state index contributed by atoms with van der Waals surface area (Å²) in [6, 6.07) is 0. The molecule has 134 valence electrons. The molecule has 0 amide bonds. The van der Waals surface area contributed by atoms with Crippen LogP contribution in [0.4, 0.5) is 5.95 Å². The van der Waals surface area contributed by atoms with Crippen LogP contribution in [0.1, 0.15) is 23.9 Å². The second-order valence-corrected chi connectivity index (χ2v) is 5.60. The van der Waals surface area contributed by atoms with E-state index >= 15 is 0 Å². The van der Waals surface area contributed by atoms with Crippen molar-refractivity contribution in [1.29, 1.82) is 0 Å². The van der Waals surface area contributed by atoms with E-state index in [-0.39, 0.29) is 18.4 Å². The van der Waals surface area contributed by atoms with E-state index in [1.165, 1.54) is 12.4 Å². The van der Waals surface area contributed by atoms with Gasteiger partial charge in [0, 0.05) is 24.6 Å². The average molecular weight is 353 g/mol. The zero-order chi connectivity index (χ0) is 18.1. The number of nitrogens with zero attached hydrogens (tertiary/aromatic N) is 3. The summed E-state index contributed by atoms with van der Waals surface area (Å²) in [6.45, 7) is -0.402. The number of aromatic nitrogens is 4. The van der Waals surface area contributed by atoms with Crippen LogP contribution in [0.2, 0.25) is 0 Å². The number of nitro groups is 1. The second kappa shape index (κ2) is 6.58. The minimum Gasteiger partial charge on any atom is -0.394 e. The first-order valence-corrected chi connectivity index (χ1v) is 7.36. The van der Waals surface area contributed by atoms with Gasteiger partial charge in [-0.3, -0.25) is 14.3 Å². The highest BCUT2D eigenvalue weighted by atomic mass is 16.6. The number of nitrogens with one attached hydrogen (secondary N) is 2. The molecular weight excluding hydrogens is 338 g/mol. The van der Waals surface area contributed by atoms with Gasteiger partial charge in [-0.25, -0.2) is 9.78 Å². The maximum absolute atomic E-state index is 12.0. The molecule has 3 rings (SSSR count). The topological polar surface area (TPSA) is 176 Å². The Labute approximate surface area is 138 Å². The van der Waals surface area contributed by atoms with Crippen LogP contribution < -0.4 is 11.2 Å². The van der Waals surface area contributed by atoms with E-state index in [0.29, 0.717) is 5.69 Å². The fraction of sp³-hybridized carbons (Fsp3) is 0.462. The summed E-state index contributed by atoms with van der Waals surface area (Å²) >= 11 is 0. The summed E-state index contributed by atoms with van der Waals surface area (Å²) in [5.74, 6) is -0.451. The molecule has 2 aromatic rings. The second-order valence-electron chi connectivity index (χ2n) is 5.60. The molecule has 12 heteroatoms. The predicted octanol–water partition coefficient (Wildman–Crippen LogP) is -1.60. The maximum atomic E-state index is 12.0. The normalized spacial score (nSPS) is 23.0. The van der Waals surface area contributed by atoms with Crippen LogP contribution in [-0.2, 0) is 11.2 Å². The smallest absolute Gasteiger partial charge is 0.394 e. The Morgan fingerprint density at radius 3 is 2.80 bits per heavy atom. The molecule has 1 fully saturated rings. The predicted molar refractivity (Wildman–Crippen MR) is 81.0 cm³/mol. The standard InChI is InChI=1S/C13H15N5O7/c19-5-9-8(20)2-10(25-9)17-4-6(11(21)16-13(17)22)1-7-3-14-12(15-7)18(23)24/h3-4,8-10,19-20H,1-2,5H2,(H,14,15)(H,16,21,22)/t8-,9+,10+/m0/s1. The van der Waals surface area contributed by atoms with E-state index in [1.807, 2.05) is 0 Å². The van der Waals surface area contributed by atoms with Gasteiger partial charge in [-0.05, 0) is 4.92 Å². The summed E-state index contributed by atoms with van der Waals surface area (Å²) in [6.07, 6.45) is -0.0434. The molecule has 12 nitrogen and oxygen atoms in total. The van der Waals surface area contributed by atoms with E-state index in [2.05, 4.69) is 15.0 Å². The maximum Gasteiger partial charge on any atom is 0.432 e. The summed E-state index contributed by atoms with van der Waals surface area (Å²) in [5, 5.41) is 29.5. The average Bonchev–Trinajstić information content (AvgIpc) is 3.16. The van der Waals surface area contributed by atoms with E-state index in [4.69, 9.17) is 9.84 Å². The molecule has 2 aromatic heterocycles. The van der Waals surface area contributed by atoms with Gasteiger partial charge in [0.25, 0.3) is 5.56 Å². The highest BCUT2D eigenvalue weighted by Crippen LogP contribution is 2.27. The molecule has 0 radical (unpaired) electrons. The van der Waals surface area contributed by atoms with Gasteiger partial charge in [0.05, 0.1) is 12.7 Å². The molecular formula is C13H15N5O7. The van der Waals surface area contributed by atoms with Crippen molar-refractivity contribution in [2.45, 2.75) is 31.3 Å². The number of aromatic amines is 2. The minimum atomic E-state index is -0.937. The molecule has 1 saturated heterocycles. The quantitative estimate of drug-likeness (QED) is 0.367. The fourth-order valence-electron chi connectivity index (χ4n) is 2.65. The lowest BCUT2D eigenvalue weighted by Crippen LogP contribution is -2.34. The van der Waals surface area contributed by atoms with Crippen molar-refractivity contribution in [3.8, 4) is 0 Å². The highest BCUT2D eigenvalue weighted by Gasteiger charge is 2.35. The van der Waals surface area contributed by atoms with E-state index < -0.39 is 47.2 Å². The van der Waals surface area contributed by atoms with Gasteiger partial charge in [0.15, 0.2) is 0 Å². The number of aliphatic hydroxyl groups is 2. The number of aliphatic hydroxyl groups excluding tert-OH is 2. The first-order chi connectivity index (χ1) is 11.9. The van der Waals surface area contributed by atoms with Gasteiger partial charge in [0.2, 0.25) is 0 Å².